The highest BCUT2D eigenvalue weighted by Crippen LogP contribution is 2.42. The molecule has 14 heteroatoms. The molecule has 0 aliphatic carbocycles. The minimum Gasteiger partial charge on any atom is -0.480 e. The van der Waals surface area contributed by atoms with Gasteiger partial charge in [-0.2, -0.15) is 26.3 Å². The number of nitrogens with zero attached hydrogens (tertiary/aromatic N) is 4. The van der Waals surface area contributed by atoms with Gasteiger partial charge in [0.15, 0.2) is 0 Å². The Labute approximate surface area is 252 Å². The number of hydrogen-bond donors (Lipinski definition) is 1. The zero-order valence-electron chi connectivity index (χ0n) is 24.8. The van der Waals surface area contributed by atoms with E-state index >= 15 is 0 Å². The maximum atomic E-state index is 12.9. The van der Waals surface area contributed by atoms with Crippen LogP contribution in [0.5, 0.6) is 0 Å². The number of ether oxygens (including phenoxy) is 1. The summed E-state index contributed by atoms with van der Waals surface area (Å²) in [5.74, 6) is -0.750. The first kappa shape index (κ1) is 32.6. The van der Waals surface area contributed by atoms with E-state index in [1.807, 2.05) is 6.92 Å². The van der Waals surface area contributed by atoms with E-state index in [4.69, 9.17) is 0 Å². The van der Waals surface area contributed by atoms with Crippen molar-refractivity contribution in [2.75, 3.05) is 44.2 Å². The smallest absolute Gasteiger partial charge is 0.434 e. The van der Waals surface area contributed by atoms with Gasteiger partial charge in [0.2, 0.25) is 0 Å². The Morgan fingerprint density at radius 1 is 0.932 bits per heavy atom. The molecule has 5 rings (SSSR count). The average Bonchev–Trinajstić information content (AvgIpc) is 3.60. The second-order valence-corrected chi connectivity index (χ2v) is 12.7. The Kier molecular flexibility index (Phi) is 9.33. The topological polar surface area (TPSA) is 76.6 Å². The predicted molar refractivity (Wildman–Crippen MR) is 149 cm³/mol. The van der Waals surface area contributed by atoms with E-state index in [2.05, 4.69) is 37.6 Å². The van der Waals surface area contributed by atoms with Crippen molar-refractivity contribution in [1.82, 2.24) is 14.7 Å². The summed E-state index contributed by atoms with van der Waals surface area (Å²) in [6.07, 6.45) is -11.3. The largest absolute Gasteiger partial charge is 0.480 e. The number of carbonyl (C=O) groups excluding carboxylic acids is 1. The molecule has 1 spiro atoms. The van der Waals surface area contributed by atoms with Gasteiger partial charge >= 0.3 is 24.4 Å². The van der Waals surface area contributed by atoms with Gasteiger partial charge in [0.25, 0.3) is 6.10 Å². The normalized spacial score (nSPS) is 24.0. The molecule has 1 atom stereocenters. The van der Waals surface area contributed by atoms with Gasteiger partial charge in [0, 0.05) is 50.0 Å². The van der Waals surface area contributed by atoms with Crippen LogP contribution < -0.4 is 4.90 Å². The average molecular weight is 635 g/mol. The number of amides is 1. The molecule has 1 N–H and O–H groups in total. The number of piperidine rings is 2. The maximum absolute atomic E-state index is 12.9. The lowest BCUT2D eigenvalue weighted by atomic mass is 9.84. The summed E-state index contributed by atoms with van der Waals surface area (Å²) in [6.45, 7) is 5.93. The van der Waals surface area contributed by atoms with Crippen molar-refractivity contribution in [3.05, 3.63) is 29.3 Å². The van der Waals surface area contributed by atoms with Crippen LogP contribution in [-0.4, -0.2) is 107 Å². The van der Waals surface area contributed by atoms with Crippen molar-refractivity contribution in [3.63, 3.8) is 0 Å². The summed E-state index contributed by atoms with van der Waals surface area (Å²) in [6, 6.07) is 6.18. The summed E-state index contributed by atoms with van der Waals surface area (Å²) in [5.41, 5.74) is 3.09. The lowest BCUT2D eigenvalue weighted by Gasteiger charge is -2.45. The van der Waals surface area contributed by atoms with Crippen LogP contribution in [0, 0.1) is 6.92 Å². The van der Waals surface area contributed by atoms with E-state index < -0.39 is 36.6 Å². The van der Waals surface area contributed by atoms with Crippen molar-refractivity contribution in [2.24, 2.45) is 0 Å². The fraction of sp³-hybridized carbons (Fsp3) is 0.733. The van der Waals surface area contributed by atoms with E-state index in [1.54, 1.807) is 0 Å². The number of aryl methyl sites for hydroxylation is 1. The molecular formula is C30H40F6N4O4. The van der Waals surface area contributed by atoms with Crippen molar-refractivity contribution < 1.29 is 45.8 Å². The van der Waals surface area contributed by atoms with Crippen LogP contribution >= 0.6 is 0 Å². The van der Waals surface area contributed by atoms with Crippen LogP contribution in [-0.2, 0) is 16.1 Å². The zero-order valence-corrected chi connectivity index (χ0v) is 24.8. The number of likely N-dealkylation sites (tertiary alicyclic amines) is 3. The van der Waals surface area contributed by atoms with E-state index in [1.165, 1.54) is 0 Å². The molecule has 0 bridgehead atoms. The zero-order chi connectivity index (χ0) is 31.9. The molecule has 0 aromatic heterocycles. The first-order chi connectivity index (χ1) is 20.7. The number of carboxylic acid groups (broad SMARTS) is 1. The van der Waals surface area contributed by atoms with E-state index in [0.717, 1.165) is 80.0 Å². The van der Waals surface area contributed by atoms with Gasteiger partial charge < -0.3 is 19.6 Å². The minimum absolute atomic E-state index is 0.0138. The van der Waals surface area contributed by atoms with Crippen LogP contribution in [0.1, 0.15) is 62.5 Å². The van der Waals surface area contributed by atoms with Crippen molar-refractivity contribution >= 4 is 17.7 Å². The second-order valence-electron chi connectivity index (χ2n) is 12.7. The SMILES string of the molecule is Cc1ccc(CN2CCCC23CCN(C(=O)OC(C(F)(F)F)C(F)(F)F)CC3)c(N2CCC(N3CCC[C@@H]3C(=O)O)CC2)c1. The van der Waals surface area contributed by atoms with Gasteiger partial charge in [-0.15, -0.1) is 0 Å². The lowest BCUT2D eigenvalue weighted by Crippen LogP contribution is -2.54. The van der Waals surface area contributed by atoms with Gasteiger partial charge in [-0.3, -0.25) is 14.6 Å². The number of rotatable bonds is 6. The molecule has 4 aliphatic rings. The Hall–Kier alpha value is -2.74. The van der Waals surface area contributed by atoms with Crippen LogP contribution in [0.3, 0.4) is 0 Å². The molecule has 44 heavy (non-hydrogen) atoms. The van der Waals surface area contributed by atoms with Gasteiger partial charge in [0.05, 0.1) is 0 Å². The number of alkyl halides is 6. The minimum atomic E-state index is -5.75. The van der Waals surface area contributed by atoms with E-state index in [0.29, 0.717) is 25.8 Å². The van der Waals surface area contributed by atoms with Crippen LogP contribution in [0.15, 0.2) is 18.2 Å². The van der Waals surface area contributed by atoms with Crippen LogP contribution in [0.2, 0.25) is 0 Å². The number of halogens is 6. The molecule has 4 saturated heterocycles. The first-order valence-electron chi connectivity index (χ1n) is 15.3. The van der Waals surface area contributed by atoms with Gasteiger partial charge in [0.1, 0.15) is 6.04 Å². The predicted octanol–water partition coefficient (Wildman–Crippen LogP) is 5.57. The van der Waals surface area contributed by atoms with Crippen LogP contribution in [0.4, 0.5) is 36.8 Å². The highest BCUT2D eigenvalue weighted by atomic mass is 19.4. The molecule has 4 heterocycles. The van der Waals surface area contributed by atoms with Crippen molar-refractivity contribution in [2.45, 2.75) is 101 Å². The number of carbonyl (C=O) groups is 2. The highest BCUT2D eigenvalue weighted by molar-refractivity contribution is 5.74. The molecule has 246 valence electrons. The number of carboxylic acids is 1. The molecule has 8 nitrogen and oxygen atoms in total. The standard InChI is InChI=1S/C30H40F6N4O4/c1-20-5-6-21(24(18-20)37-14-7-22(8-15-37)40-13-2-4-23(40)25(41)42)19-39-12-3-9-28(39)10-16-38(17-11-28)27(43)44-26(29(31,32)33)30(34,35)36/h5-6,18,22-23,26H,2-4,7-17,19H2,1H3,(H,41,42)/t23-/m1/s1. The number of hydrogen-bond acceptors (Lipinski definition) is 6. The van der Waals surface area contributed by atoms with Crippen molar-refractivity contribution in [3.8, 4) is 0 Å². The Bertz CT molecular complexity index is 1180. The summed E-state index contributed by atoms with van der Waals surface area (Å²) >= 11 is 0. The van der Waals surface area contributed by atoms with E-state index in [-0.39, 0.29) is 24.7 Å². The lowest BCUT2D eigenvalue weighted by molar-refractivity contribution is -0.308. The third kappa shape index (κ3) is 6.90. The summed E-state index contributed by atoms with van der Waals surface area (Å²) in [7, 11) is 0. The molecule has 4 fully saturated rings. The number of aliphatic carboxylic acids is 1. The third-order valence-electron chi connectivity index (χ3n) is 9.96. The highest BCUT2D eigenvalue weighted by Gasteiger charge is 2.60. The van der Waals surface area contributed by atoms with Crippen LogP contribution in [0.25, 0.3) is 0 Å². The Morgan fingerprint density at radius 3 is 2.20 bits per heavy atom. The maximum Gasteiger partial charge on any atom is 0.434 e. The fourth-order valence-corrected chi connectivity index (χ4v) is 7.64. The molecule has 1 aromatic carbocycles. The van der Waals surface area contributed by atoms with Crippen molar-refractivity contribution in [1.29, 1.82) is 0 Å². The Balaban J connectivity index is 1.22. The molecule has 0 radical (unpaired) electrons. The van der Waals surface area contributed by atoms with E-state index in [9.17, 15) is 41.0 Å². The van der Waals surface area contributed by atoms with Gasteiger partial charge in [-0.1, -0.05) is 12.1 Å². The molecule has 1 amide bonds. The summed E-state index contributed by atoms with van der Waals surface area (Å²) in [5, 5.41) is 9.62. The number of benzene rings is 1. The molecular weight excluding hydrogens is 594 g/mol. The second kappa shape index (κ2) is 12.6. The van der Waals surface area contributed by atoms with Gasteiger partial charge in [-0.05, 0) is 88.6 Å². The fourth-order valence-electron chi connectivity index (χ4n) is 7.64. The molecule has 4 aliphatic heterocycles. The monoisotopic (exact) mass is 634 g/mol. The third-order valence-corrected chi connectivity index (χ3v) is 9.96. The number of anilines is 1. The summed E-state index contributed by atoms with van der Waals surface area (Å²) < 4.78 is 81.4. The first-order valence-corrected chi connectivity index (χ1v) is 15.3. The Morgan fingerprint density at radius 2 is 1.59 bits per heavy atom. The van der Waals surface area contributed by atoms with Gasteiger partial charge in [-0.25, -0.2) is 4.79 Å². The summed E-state index contributed by atoms with van der Waals surface area (Å²) in [4.78, 5) is 31.9. The quantitative estimate of drug-likeness (QED) is 0.410. The molecule has 1 aromatic rings. The molecule has 0 saturated carbocycles. The molecule has 0 unspecified atom stereocenters.